The van der Waals surface area contributed by atoms with E-state index in [2.05, 4.69) is 23.9 Å². The Hall–Kier alpha value is -0.0800. The summed E-state index contributed by atoms with van der Waals surface area (Å²) in [5.41, 5.74) is 0. The molecule has 76 valence electrons. The van der Waals surface area contributed by atoms with Crippen molar-refractivity contribution >= 4 is 0 Å². The summed E-state index contributed by atoms with van der Waals surface area (Å²) in [4.78, 5) is 4.89. The van der Waals surface area contributed by atoms with Crippen LogP contribution in [0.15, 0.2) is 0 Å². The summed E-state index contributed by atoms with van der Waals surface area (Å²) >= 11 is 0. The van der Waals surface area contributed by atoms with Crippen LogP contribution in [0.5, 0.6) is 0 Å². The van der Waals surface area contributed by atoms with Crippen molar-refractivity contribution in [1.82, 2.24) is 9.80 Å². The molecule has 0 aromatic rings. The first kappa shape index (κ1) is 9.47. The van der Waals surface area contributed by atoms with E-state index in [-0.39, 0.29) is 0 Å². The van der Waals surface area contributed by atoms with E-state index >= 15 is 0 Å². The van der Waals surface area contributed by atoms with Crippen LogP contribution in [-0.2, 0) is 0 Å². The maximum Gasteiger partial charge on any atom is 0.00191 e. The Morgan fingerprint density at radius 2 is 1.54 bits per heavy atom. The Kier molecular flexibility index (Phi) is 2.89. The van der Waals surface area contributed by atoms with Gasteiger partial charge in [0.1, 0.15) is 0 Å². The minimum absolute atomic E-state index is 1.03. The van der Waals surface area contributed by atoms with E-state index in [1.165, 1.54) is 45.4 Å². The van der Waals surface area contributed by atoms with Crippen LogP contribution in [0.2, 0.25) is 0 Å². The van der Waals surface area contributed by atoms with Crippen LogP contribution in [0.3, 0.4) is 0 Å². The molecule has 2 heteroatoms. The van der Waals surface area contributed by atoms with Crippen molar-refractivity contribution in [2.45, 2.75) is 19.3 Å². The maximum absolute atomic E-state index is 2.46. The number of nitrogens with zero attached hydrogens (tertiary/aromatic N) is 2. The van der Waals surface area contributed by atoms with Crippen molar-refractivity contribution in [3.63, 3.8) is 0 Å². The monoisotopic (exact) mass is 182 g/mol. The summed E-state index contributed by atoms with van der Waals surface area (Å²) in [6.45, 7) is 5.36. The Morgan fingerprint density at radius 3 is 2.08 bits per heavy atom. The zero-order valence-corrected chi connectivity index (χ0v) is 9.00. The predicted molar refractivity (Wildman–Crippen MR) is 55.8 cm³/mol. The molecule has 0 atom stereocenters. The van der Waals surface area contributed by atoms with Crippen molar-refractivity contribution in [2.75, 3.05) is 40.3 Å². The number of piperidine rings is 1. The highest BCUT2D eigenvalue weighted by molar-refractivity contribution is 4.81. The van der Waals surface area contributed by atoms with Crippen molar-refractivity contribution < 1.29 is 0 Å². The van der Waals surface area contributed by atoms with Crippen LogP contribution in [0, 0.1) is 11.8 Å². The molecule has 0 spiro atoms. The van der Waals surface area contributed by atoms with Gasteiger partial charge in [0.25, 0.3) is 0 Å². The van der Waals surface area contributed by atoms with Crippen molar-refractivity contribution in [2.24, 2.45) is 11.8 Å². The lowest BCUT2D eigenvalue weighted by atomic mass is 9.84. The van der Waals surface area contributed by atoms with Gasteiger partial charge in [-0.05, 0) is 58.3 Å². The molecule has 0 aliphatic carbocycles. The molecule has 2 fully saturated rings. The second-order valence-electron chi connectivity index (χ2n) is 5.07. The Labute approximate surface area is 81.9 Å². The third kappa shape index (κ3) is 2.44. The van der Waals surface area contributed by atoms with E-state index in [1.807, 2.05) is 0 Å². The minimum atomic E-state index is 1.03. The summed E-state index contributed by atoms with van der Waals surface area (Å²) in [5, 5.41) is 0. The normalized spacial score (nSPS) is 29.1. The van der Waals surface area contributed by atoms with Crippen LogP contribution in [-0.4, -0.2) is 50.1 Å². The standard InChI is InChI=1S/C11H22N2/c1-12-5-3-10(4-6-12)7-11-8-13(2)9-11/h10-11H,3-9H2,1-2H3. The highest BCUT2D eigenvalue weighted by atomic mass is 15.2. The van der Waals surface area contributed by atoms with Gasteiger partial charge in [-0.1, -0.05) is 0 Å². The molecule has 2 nitrogen and oxygen atoms in total. The Bertz CT molecular complexity index is 155. The quantitative estimate of drug-likeness (QED) is 0.635. The SMILES string of the molecule is CN1CCC(CC2CN(C)C2)CC1. The topological polar surface area (TPSA) is 6.48 Å². The van der Waals surface area contributed by atoms with Gasteiger partial charge in [0.2, 0.25) is 0 Å². The van der Waals surface area contributed by atoms with Gasteiger partial charge in [0.05, 0.1) is 0 Å². The van der Waals surface area contributed by atoms with Crippen LogP contribution in [0.1, 0.15) is 19.3 Å². The lowest BCUT2D eigenvalue weighted by molar-refractivity contribution is 0.0937. The molecule has 0 N–H and O–H groups in total. The zero-order valence-electron chi connectivity index (χ0n) is 9.00. The smallest absolute Gasteiger partial charge is 0.00191 e. The van der Waals surface area contributed by atoms with Crippen molar-refractivity contribution in [3.8, 4) is 0 Å². The molecule has 2 aliphatic rings. The van der Waals surface area contributed by atoms with Gasteiger partial charge in [-0.15, -0.1) is 0 Å². The van der Waals surface area contributed by atoms with Gasteiger partial charge in [0, 0.05) is 13.1 Å². The molecule has 0 radical (unpaired) electrons. The average Bonchev–Trinajstić information content (AvgIpc) is 2.06. The summed E-state index contributed by atoms with van der Waals surface area (Å²) in [6.07, 6.45) is 4.38. The van der Waals surface area contributed by atoms with Gasteiger partial charge in [-0.3, -0.25) is 0 Å². The van der Waals surface area contributed by atoms with Gasteiger partial charge in [-0.25, -0.2) is 0 Å². The van der Waals surface area contributed by atoms with E-state index in [1.54, 1.807) is 0 Å². The first-order valence-corrected chi connectivity index (χ1v) is 5.61. The third-order valence-corrected chi connectivity index (χ3v) is 3.64. The van der Waals surface area contributed by atoms with Gasteiger partial charge in [-0.2, -0.15) is 0 Å². The van der Waals surface area contributed by atoms with E-state index in [0.29, 0.717) is 0 Å². The van der Waals surface area contributed by atoms with Crippen LogP contribution >= 0.6 is 0 Å². The molecule has 2 rings (SSSR count). The molecule has 2 saturated heterocycles. The van der Waals surface area contributed by atoms with E-state index < -0.39 is 0 Å². The number of rotatable bonds is 2. The lowest BCUT2D eigenvalue weighted by Gasteiger charge is -2.40. The fourth-order valence-corrected chi connectivity index (χ4v) is 2.75. The summed E-state index contributed by atoms with van der Waals surface area (Å²) in [6, 6.07) is 0. The van der Waals surface area contributed by atoms with Crippen LogP contribution in [0.25, 0.3) is 0 Å². The highest BCUT2D eigenvalue weighted by Gasteiger charge is 2.27. The van der Waals surface area contributed by atoms with Crippen LogP contribution in [0.4, 0.5) is 0 Å². The Balaban J connectivity index is 1.65. The fourth-order valence-electron chi connectivity index (χ4n) is 2.75. The largest absolute Gasteiger partial charge is 0.306 e. The third-order valence-electron chi connectivity index (χ3n) is 3.64. The molecule has 0 amide bonds. The zero-order chi connectivity index (χ0) is 9.26. The number of hydrogen-bond donors (Lipinski definition) is 0. The molecular formula is C11H22N2. The van der Waals surface area contributed by atoms with E-state index in [9.17, 15) is 0 Å². The number of hydrogen-bond acceptors (Lipinski definition) is 2. The second-order valence-corrected chi connectivity index (χ2v) is 5.07. The van der Waals surface area contributed by atoms with E-state index in [0.717, 1.165) is 11.8 Å². The number of likely N-dealkylation sites (tertiary alicyclic amines) is 2. The molecular weight excluding hydrogens is 160 g/mol. The molecule has 2 aliphatic heterocycles. The minimum Gasteiger partial charge on any atom is -0.306 e. The molecule has 13 heavy (non-hydrogen) atoms. The lowest BCUT2D eigenvalue weighted by Crippen LogP contribution is -2.45. The second kappa shape index (κ2) is 3.97. The van der Waals surface area contributed by atoms with E-state index in [4.69, 9.17) is 0 Å². The van der Waals surface area contributed by atoms with Crippen molar-refractivity contribution in [3.05, 3.63) is 0 Å². The van der Waals surface area contributed by atoms with Gasteiger partial charge < -0.3 is 9.80 Å². The molecule has 0 aromatic carbocycles. The molecule has 0 unspecified atom stereocenters. The van der Waals surface area contributed by atoms with Crippen molar-refractivity contribution in [1.29, 1.82) is 0 Å². The summed E-state index contributed by atoms with van der Waals surface area (Å²) in [5.74, 6) is 2.06. The predicted octanol–water partition coefficient (Wildman–Crippen LogP) is 1.28. The van der Waals surface area contributed by atoms with Crippen LogP contribution < -0.4 is 0 Å². The first-order chi connectivity index (χ1) is 6.24. The van der Waals surface area contributed by atoms with Gasteiger partial charge >= 0.3 is 0 Å². The molecule has 0 aromatic heterocycles. The Morgan fingerprint density at radius 1 is 0.923 bits per heavy atom. The summed E-state index contributed by atoms with van der Waals surface area (Å²) < 4.78 is 0. The van der Waals surface area contributed by atoms with Gasteiger partial charge in [0.15, 0.2) is 0 Å². The highest BCUT2D eigenvalue weighted by Crippen LogP contribution is 2.27. The molecule has 0 saturated carbocycles. The fraction of sp³-hybridized carbons (Fsp3) is 1.00. The maximum atomic E-state index is 2.46. The summed E-state index contributed by atoms with van der Waals surface area (Å²) in [7, 11) is 4.47. The molecule has 0 bridgehead atoms. The molecule has 2 heterocycles. The average molecular weight is 182 g/mol. The first-order valence-electron chi connectivity index (χ1n) is 5.61.